The number of carbonyl (C=O) groups is 1. The van der Waals surface area contributed by atoms with Crippen LogP contribution in [0.3, 0.4) is 0 Å². The normalized spacial score (nSPS) is 11.2. The maximum absolute atomic E-state index is 12.4. The van der Waals surface area contributed by atoms with E-state index < -0.39 is 6.36 Å². The van der Waals surface area contributed by atoms with E-state index >= 15 is 0 Å². The van der Waals surface area contributed by atoms with Crippen LogP contribution in [0.1, 0.15) is 15.9 Å². The molecule has 0 radical (unpaired) electrons. The molecule has 144 valence electrons. The fraction of sp³-hybridized carbons (Fsp3) is 0.105. The molecule has 1 aromatic carbocycles. The third-order valence-corrected chi connectivity index (χ3v) is 4.08. The first-order chi connectivity index (χ1) is 13.2. The van der Waals surface area contributed by atoms with Gasteiger partial charge in [0.05, 0.1) is 17.4 Å². The second-order valence-corrected chi connectivity index (χ2v) is 6.14. The third-order valence-electron chi connectivity index (χ3n) is 3.85. The van der Waals surface area contributed by atoms with Gasteiger partial charge in [0.15, 0.2) is 0 Å². The van der Waals surface area contributed by atoms with Crippen LogP contribution in [0.2, 0.25) is 5.15 Å². The number of carbonyl (C=O) groups excluding carboxylic acids is 1. The Morgan fingerprint density at radius 2 is 1.79 bits per heavy atom. The van der Waals surface area contributed by atoms with Crippen molar-refractivity contribution >= 4 is 23.2 Å². The molecule has 2 heterocycles. The van der Waals surface area contributed by atoms with Crippen molar-refractivity contribution in [2.24, 2.45) is 0 Å². The minimum Gasteiger partial charge on any atom is -0.406 e. The lowest BCUT2D eigenvalue weighted by Gasteiger charge is -2.13. The molecule has 0 aliphatic rings. The van der Waals surface area contributed by atoms with Crippen LogP contribution >= 0.6 is 11.6 Å². The lowest BCUT2D eigenvalue weighted by atomic mass is 10.0. The van der Waals surface area contributed by atoms with Gasteiger partial charge in [-0.15, -0.1) is 13.2 Å². The number of nitrogens with one attached hydrogen (secondary N) is 1. The Labute approximate surface area is 163 Å². The number of hydrogen-bond donors (Lipinski definition) is 1. The van der Waals surface area contributed by atoms with E-state index in [9.17, 15) is 18.0 Å². The van der Waals surface area contributed by atoms with Crippen LogP contribution in [0.25, 0.3) is 11.1 Å². The van der Waals surface area contributed by atoms with E-state index in [1.807, 2.05) is 0 Å². The van der Waals surface area contributed by atoms with Gasteiger partial charge in [0.2, 0.25) is 0 Å². The van der Waals surface area contributed by atoms with E-state index in [0.717, 1.165) is 0 Å². The van der Waals surface area contributed by atoms with Crippen molar-refractivity contribution in [1.82, 2.24) is 9.97 Å². The maximum Gasteiger partial charge on any atom is 0.573 e. The van der Waals surface area contributed by atoms with Gasteiger partial charge in [-0.3, -0.25) is 9.78 Å². The van der Waals surface area contributed by atoms with Gasteiger partial charge in [-0.2, -0.15) is 0 Å². The molecule has 0 atom stereocenters. The Morgan fingerprint density at radius 1 is 1.07 bits per heavy atom. The van der Waals surface area contributed by atoms with Crippen LogP contribution in [0.15, 0.2) is 55.0 Å². The zero-order valence-electron chi connectivity index (χ0n) is 14.4. The minimum absolute atomic E-state index is 0.273. The molecule has 0 aliphatic heterocycles. The summed E-state index contributed by atoms with van der Waals surface area (Å²) < 4.78 is 40.7. The molecule has 0 bridgehead atoms. The van der Waals surface area contributed by atoms with Crippen molar-refractivity contribution in [3.05, 3.63) is 71.3 Å². The lowest BCUT2D eigenvalue weighted by molar-refractivity contribution is -0.274. The van der Waals surface area contributed by atoms with Crippen molar-refractivity contribution in [2.45, 2.75) is 13.3 Å². The third kappa shape index (κ3) is 4.77. The SMILES string of the molecule is Cc1c(NC(=O)c2ccc(Cl)nc2)cncc1-c1ccc(OC(F)(F)F)cc1. The predicted octanol–water partition coefficient (Wildman–Crippen LogP) is 5.26. The molecule has 1 N–H and O–H groups in total. The van der Waals surface area contributed by atoms with Gasteiger partial charge in [0, 0.05) is 18.0 Å². The van der Waals surface area contributed by atoms with Gasteiger partial charge in [0.1, 0.15) is 10.9 Å². The molecule has 1 amide bonds. The van der Waals surface area contributed by atoms with E-state index in [1.54, 1.807) is 13.1 Å². The van der Waals surface area contributed by atoms with Gasteiger partial charge in [-0.25, -0.2) is 4.98 Å². The molecule has 3 rings (SSSR count). The first-order valence-electron chi connectivity index (χ1n) is 7.96. The van der Waals surface area contributed by atoms with E-state index in [2.05, 4.69) is 20.0 Å². The van der Waals surface area contributed by atoms with E-state index in [1.165, 1.54) is 48.8 Å². The van der Waals surface area contributed by atoms with Crippen LogP contribution in [-0.4, -0.2) is 22.2 Å². The molecule has 2 aromatic heterocycles. The monoisotopic (exact) mass is 407 g/mol. The van der Waals surface area contributed by atoms with E-state index in [-0.39, 0.29) is 16.8 Å². The van der Waals surface area contributed by atoms with Crippen LogP contribution in [0.4, 0.5) is 18.9 Å². The molecule has 3 aromatic rings. The number of hydrogen-bond acceptors (Lipinski definition) is 4. The summed E-state index contributed by atoms with van der Waals surface area (Å²) in [5.74, 6) is -0.707. The standard InChI is InChI=1S/C19H13ClF3N3O2/c1-11-15(12-2-5-14(6-3-12)28-19(21,22)23)9-24-10-16(11)26-18(27)13-4-7-17(20)25-8-13/h2-10H,1H3,(H,26,27). The number of benzene rings is 1. The fourth-order valence-electron chi connectivity index (χ4n) is 2.48. The second kappa shape index (κ2) is 7.85. The molecule has 0 saturated carbocycles. The van der Waals surface area contributed by atoms with Crippen molar-refractivity contribution < 1.29 is 22.7 Å². The average Bonchev–Trinajstić information content (AvgIpc) is 2.63. The Kier molecular flexibility index (Phi) is 5.51. The smallest absolute Gasteiger partial charge is 0.406 e. The summed E-state index contributed by atoms with van der Waals surface area (Å²) in [7, 11) is 0. The highest BCUT2D eigenvalue weighted by Crippen LogP contribution is 2.30. The zero-order valence-corrected chi connectivity index (χ0v) is 15.2. The molecule has 0 fully saturated rings. The summed E-state index contributed by atoms with van der Waals surface area (Å²) in [6, 6.07) is 8.44. The van der Waals surface area contributed by atoms with Crippen molar-refractivity contribution in [2.75, 3.05) is 5.32 Å². The van der Waals surface area contributed by atoms with Gasteiger partial charge in [0.25, 0.3) is 5.91 Å². The highest BCUT2D eigenvalue weighted by Gasteiger charge is 2.31. The van der Waals surface area contributed by atoms with Crippen molar-refractivity contribution in [3.8, 4) is 16.9 Å². The largest absolute Gasteiger partial charge is 0.573 e. The topological polar surface area (TPSA) is 64.1 Å². The quantitative estimate of drug-likeness (QED) is 0.599. The molecule has 9 heteroatoms. The number of amides is 1. The van der Waals surface area contributed by atoms with Gasteiger partial charge in [-0.1, -0.05) is 23.7 Å². The summed E-state index contributed by atoms with van der Waals surface area (Å²) >= 11 is 5.71. The Bertz CT molecular complexity index is 991. The highest BCUT2D eigenvalue weighted by molar-refractivity contribution is 6.29. The van der Waals surface area contributed by atoms with E-state index in [0.29, 0.717) is 27.9 Å². The molecule has 28 heavy (non-hydrogen) atoms. The highest BCUT2D eigenvalue weighted by atomic mass is 35.5. The maximum atomic E-state index is 12.4. The van der Waals surface area contributed by atoms with Crippen molar-refractivity contribution in [1.29, 1.82) is 0 Å². The zero-order chi connectivity index (χ0) is 20.3. The number of nitrogens with zero attached hydrogens (tertiary/aromatic N) is 2. The number of rotatable bonds is 4. The fourth-order valence-corrected chi connectivity index (χ4v) is 2.59. The average molecular weight is 408 g/mol. The Morgan fingerprint density at radius 3 is 2.39 bits per heavy atom. The molecular weight excluding hydrogens is 395 g/mol. The van der Waals surface area contributed by atoms with Crippen LogP contribution in [0.5, 0.6) is 5.75 Å². The van der Waals surface area contributed by atoms with Crippen LogP contribution < -0.4 is 10.1 Å². The lowest BCUT2D eigenvalue weighted by Crippen LogP contribution is -2.16. The minimum atomic E-state index is -4.75. The number of anilines is 1. The first-order valence-corrected chi connectivity index (χ1v) is 8.34. The summed E-state index contributed by atoms with van der Waals surface area (Å²) in [6.07, 6.45) is -0.348. The van der Waals surface area contributed by atoms with E-state index in [4.69, 9.17) is 11.6 Å². The van der Waals surface area contributed by atoms with Gasteiger partial charge in [-0.05, 0) is 42.3 Å². The van der Waals surface area contributed by atoms with Gasteiger partial charge >= 0.3 is 6.36 Å². The summed E-state index contributed by atoms with van der Waals surface area (Å²) in [5, 5.41) is 3.01. The van der Waals surface area contributed by atoms with Crippen molar-refractivity contribution in [3.63, 3.8) is 0 Å². The number of aromatic nitrogens is 2. The number of ether oxygens (including phenoxy) is 1. The van der Waals surface area contributed by atoms with Gasteiger partial charge < -0.3 is 10.1 Å². The number of pyridine rings is 2. The summed E-state index contributed by atoms with van der Waals surface area (Å²) in [5.41, 5.74) is 2.78. The molecule has 0 spiro atoms. The molecule has 0 aliphatic carbocycles. The first kappa shape index (κ1) is 19.6. The molecular formula is C19H13ClF3N3O2. The molecule has 0 unspecified atom stereocenters. The predicted molar refractivity (Wildman–Crippen MR) is 98.3 cm³/mol. The number of halogens is 4. The van der Waals surface area contributed by atoms with Crippen LogP contribution in [-0.2, 0) is 0 Å². The summed E-state index contributed by atoms with van der Waals surface area (Å²) in [6.45, 7) is 1.77. The Hall–Kier alpha value is -3.13. The molecule has 5 nitrogen and oxygen atoms in total. The Balaban J connectivity index is 1.83. The van der Waals surface area contributed by atoms with Crippen LogP contribution in [0, 0.1) is 6.92 Å². The number of alkyl halides is 3. The second-order valence-electron chi connectivity index (χ2n) is 5.76. The summed E-state index contributed by atoms with van der Waals surface area (Å²) in [4.78, 5) is 20.3. The molecule has 0 saturated heterocycles.